The second-order valence-electron chi connectivity index (χ2n) is 4.22. The SMILES string of the molecule is CN(C)Cc1cccc2c1NCCC2. The lowest BCUT2D eigenvalue weighted by Crippen LogP contribution is -2.17. The number of fused-ring (bicyclic) bond motifs is 1. The van der Waals surface area contributed by atoms with Gasteiger partial charge in [0.1, 0.15) is 0 Å². The lowest BCUT2D eigenvalue weighted by Gasteiger charge is -2.22. The first-order valence-corrected chi connectivity index (χ1v) is 5.27. The Hall–Kier alpha value is -1.02. The number of rotatable bonds is 2. The monoisotopic (exact) mass is 190 g/mol. The van der Waals surface area contributed by atoms with E-state index in [-0.39, 0.29) is 0 Å². The maximum atomic E-state index is 3.51. The summed E-state index contributed by atoms with van der Waals surface area (Å²) in [5, 5.41) is 3.51. The van der Waals surface area contributed by atoms with Crippen molar-refractivity contribution >= 4 is 5.69 Å². The van der Waals surface area contributed by atoms with Gasteiger partial charge in [-0.15, -0.1) is 0 Å². The summed E-state index contributed by atoms with van der Waals surface area (Å²) in [5.74, 6) is 0. The Labute approximate surface area is 85.9 Å². The Morgan fingerprint density at radius 3 is 3.00 bits per heavy atom. The molecule has 0 saturated carbocycles. The topological polar surface area (TPSA) is 15.3 Å². The van der Waals surface area contributed by atoms with Crippen molar-refractivity contribution in [3.05, 3.63) is 29.3 Å². The maximum absolute atomic E-state index is 3.51. The molecular weight excluding hydrogens is 172 g/mol. The van der Waals surface area contributed by atoms with Crippen LogP contribution in [0.5, 0.6) is 0 Å². The van der Waals surface area contributed by atoms with Crippen molar-refractivity contribution in [2.24, 2.45) is 0 Å². The molecule has 0 aliphatic carbocycles. The summed E-state index contributed by atoms with van der Waals surface area (Å²) in [4.78, 5) is 2.21. The summed E-state index contributed by atoms with van der Waals surface area (Å²) in [6.45, 7) is 2.15. The highest BCUT2D eigenvalue weighted by atomic mass is 15.1. The molecule has 0 atom stereocenters. The quantitative estimate of drug-likeness (QED) is 0.768. The van der Waals surface area contributed by atoms with E-state index in [0.29, 0.717) is 0 Å². The van der Waals surface area contributed by atoms with E-state index in [2.05, 4.69) is 42.5 Å². The van der Waals surface area contributed by atoms with Gasteiger partial charge in [-0.1, -0.05) is 18.2 Å². The van der Waals surface area contributed by atoms with Crippen LogP contribution >= 0.6 is 0 Å². The van der Waals surface area contributed by atoms with Gasteiger partial charge in [0.15, 0.2) is 0 Å². The van der Waals surface area contributed by atoms with Crippen LogP contribution < -0.4 is 5.32 Å². The lowest BCUT2D eigenvalue weighted by molar-refractivity contribution is 0.403. The van der Waals surface area contributed by atoms with Crippen molar-refractivity contribution in [1.29, 1.82) is 0 Å². The summed E-state index contributed by atoms with van der Waals surface area (Å²) in [7, 11) is 4.23. The van der Waals surface area contributed by atoms with Crippen molar-refractivity contribution in [3.8, 4) is 0 Å². The number of nitrogens with zero attached hydrogens (tertiary/aromatic N) is 1. The lowest BCUT2D eigenvalue weighted by atomic mass is 9.99. The van der Waals surface area contributed by atoms with E-state index in [1.54, 1.807) is 0 Å². The van der Waals surface area contributed by atoms with Gasteiger partial charge in [0.05, 0.1) is 0 Å². The Balaban J connectivity index is 2.30. The minimum Gasteiger partial charge on any atom is -0.385 e. The molecular formula is C12H18N2. The van der Waals surface area contributed by atoms with Crippen molar-refractivity contribution in [2.45, 2.75) is 19.4 Å². The van der Waals surface area contributed by atoms with Gasteiger partial charge in [-0.05, 0) is 38.1 Å². The van der Waals surface area contributed by atoms with Crippen molar-refractivity contribution in [3.63, 3.8) is 0 Å². The number of hydrogen-bond acceptors (Lipinski definition) is 2. The molecule has 2 rings (SSSR count). The van der Waals surface area contributed by atoms with E-state index < -0.39 is 0 Å². The van der Waals surface area contributed by atoms with E-state index in [9.17, 15) is 0 Å². The number of nitrogens with one attached hydrogen (secondary N) is 1. The molecule has 0 amide bonds. The van der Waals surface area contributed by atoms with Crippen molar-refractivity contribution in [1.82, 2.24) is 4.90 Å². The van der Waals surface area contributed by atoms with Gasteiger partial charge in [0, 0.05) is 18.8 Å². The average Bonchev–Trinajstić information content (AvgIpc) is 2.18. The van der Waals surface area contributed by atoms with Crippen LogP contribution in [-0.4, -0.2) is 25.5 Å². The van der Waals surface area contributed by atoms with E-state index in [1.165, 1.54) is 29.7 Å². The predicted molar refractivity (Wildman–Crippen MR) is 60.6 cm³/mol. The first-order chi connectivity index (χ1) is 6.77. The largest absolute Gasteiger partial charge is 0.385 e. The summed E-state index contributed by atoms with van der Waals surface area (Å²) < 4.78 is 0. The zero-order valence-electron chi connectivity index (χ0n) is 9.01. The number of para-hydroxylation sites is 1. The summed E-state index contributed by atoms with van der Waals surface area (Å²) in [6, 6.07) is 6.63. The Bertz CT molecular complexity index is 318. The predicted octanol–water partition coefficient (Wildman–Crippen LogP) is 2.11. The molecule has 0 aromatic heterocycles. The highest BCUT2D eigenvalue weighted by Crippen LogP contribution is 2.26. The third-order valence-electron chi connectivity index (χ3n) is 2.65. The second kappa shape index (κ2) is 4.01. The number of benzene rings is 1. The fourth-order valence-corrected chi connectivity index (χ4v) is 2.05. The highest BCUT2D eigenvalue weighted by molar-refractivity contribution is 5.59. The Morgan fingerprint density at radius 2 is 2.21 bits per heavy atom. The van der Waals surface area contributed by atoms with E-state index in [4.69, 9.17) is 0 Å². The van der Waals surface area contributed by atoms with E-state index in [0.717, 1.165) is 13.1 Å². The van der Waals surface area contributed by atoms with Gasteiger partial charge < -0.3 is 10.2 Å². The standard InChI is InChI=1S/C12H18N2/c1-14(2)9-11-6-3-5-10-7-4-8-13-12(10)11/h3,5-6,13H,4,7-9H2,1-2H3. The highest BCUT2D eigenvalue weighted by Gasteiger charge is 2.11. The van der Waals surface area contributed by atoms with E-state index in [1.807, 2.05) is 0 Å². The molecule has 1 aromatic carbocycles. The third kappa shape index (κ3) is 1.90. The molecule has 2 nitrogen and oxygen atoms in total. The molecule has 0 unspecified atom stereocenters. The maximum Gasteiger partial charge on any atom is 0.0418 e. The van der Waals surface area contributed by atoms with Gasteiger partial charge in [-0.2, -0.15) is 0 Å². The first kappa shape index (κ1) is 9.53. The minimum atomic E-state index is 1.02. The van der Waals surface area contributed by atoms with Crippen LogP contribution in [-0.2, 0) is 13.0 Å². The third-order valence-corrected chi connectivity index (χ3v) is 2.65. The van der Waals surface area contributed by atoms with Crippen LogP contribution in [0.3, 0.4) is 0 Å². The molecule has 76 valence electrons. The van der Waals surface area contributed by atoms with E-state index >= 15 is 0 Å². The molecule has 1 N–H and O–H groups in total. The number of hydrogen-bond donors (Lipinski definition) is 1. The normalized spacial score (nSPS) is 15.1. The summed E-state index contributed by atoms with van der Waals surface area (Å²) in [5.41, 5.74) is 4.29. The zero-order valence-corrected chi connectivity index (χ0v) is 9.01. The molecule has 1 aromatic rings. The minimum absolute atomic E-state index is 1.02. The van der Waals surface area contributed by atoms with Crippen molar-refractivity contribution < 1.29 is 0 Å². The van der Waals surface area contributed by atoms with Gasteiger partial charge in [-0.3, -0.25) is 0 Å². The summed E-state index contributed by atoms with van der Waals surface area (Å²) in [6.07, 6.45) is 2.49. The molecule has 0 spiro atoms. The number of anilines is 1. The number of aryl methyl sites for hydroxylation is 1. The van der Waals surface area contributed by atoms with Crippen LogP contribution in [0.25, 0.3) is 0 Å². The first-order valence-electron chi connectivity index (χ1n) is 5.27. The van der Waals surface area contributed by atoms with Gasteiger partial charge in [-0.25, -0.2) is 0 Å². The fourth-order valence-electron chi connectivity index (χ4n) is 2.05. The molecule has 1 aliphatic rings. The molecule has 0 saturated heterocycles. The van der Waals surface area contributed by atoms with Crippen LogP contribution in [0, 0.1) is 0 Å². The molecule has 1 aliphatic heterocycles. The summed E-state index contributed by atoms with van der Waals surface area (Å²) >= 11 is 0. The molecule has 0 fully saturated rings. The average molecular weight is 190 g/mol. The molecule has 2 heteroatoms. The van der Waals surface area contributed by atoms with Gasteiger partial charge in [0.2, 0.25) is 0 Å². The molecule has 0 bridgehead atoms. The van der Waals surface area contributed by atoms with Crippen LogP contribution in [0.2, 0.25) is 0 Å². The van der Waals surface area contributed by atoms with Crippen LogP contribution in [0.4, 0.5) is 5.69 Å². The van der Waals surface area contributed by atoms with Crippen molar-refractivity contribution in [2.75, 3.05) is 26.0 Å². The molecule has 0 radical (unpaired) electrons. The molecule has 1 heterocycles. The Morgan fingerprint density at radius 1 is 1.36 bits per heavy atom. The van der Waals surface area contributed by atoms with Gasteiger partial charge >= 0.3 is 0 Å². The van der Waals surface area contributed by atoms with Gasteiger partial charge in [0.25, 0.3) is 0 Å². The smallest absolute Gasteiger partial charge is 0.0418 e. The van der Waals surface area contributed by atoms with Crippen LogP contribution in [0.15, 0.2) is 18.2 Å². The second-order valence-corrected chi connectivity index (χ2v) is 4.22. The van der Waals surface area contributed by atoms with Crippen LogP contribution in [0.1, 0.15) is 17.5 Å². The fraction of sp³-hybridized carbons (Fsp3) is 0.500. The molecule has 14 heavy (non-hydrogen) atoms. The Kier molecular flexibility index (Phi) is 2.73. The zero-order chi connectivity index (χ0) is 9.97.